The van der Waals surface area contributed by atoms with E-state index in [1.165, 1.54) is 19.3 Å². The van der Waals surface area contributed by atoms with Crippen LogP contribution in [-0.4, -0.2) is 5.91 Å². The molecule has 3 heteroatoms. The van der Waals surface area contributed by atoms with E-state index in [9.17, 15) is 4.79 Å². The Hall–Kier alpha value is -1.35. The lowest BCUT2D eigenvalue weighted by Crippen LogP contribution is -2.17. The van der Waals surface area contributed by atoms with E-state index in [0.717, 1.165) is 16.8 Å². The highest BCUT2D eigenvalue weighted by molar-refractivity contribution is 5.95. The molecule has 0 saturated heterocycles. The Kier molecular flexibility index (Phi) is 2.86. The van der Waals surface area contributed by atoms with Gasteiger partial charge in [0.25, 0.3) is 0 Å². The van der Waals surface area contributed by atoms with Gasteiger partial charge in [-0.25, -0.2) is 0 Å². The molecule has 2 unspecified atom stereocenters. The van der Waals surface area contributed by atoms with Crippen molar-refractivity contribution >= 4 is 11.6 Å². The smallest absolute Gasteiger partial charge is 0.228 e. The summed E-state index contributed by atoms with van der Waals surface area (Å²) in [4.78, 5) is 12.2. The quantitative estimate of drug-likeness (QED) is 0.858. The molecule has 3 N–H and O–H groups in total. The molecule has 3 rings (SSSR count). The van der Waals surface area contributed by atoms with E-state index in [1.54, 1.807) is 0 Å². The SMILES string of the molecule is Cc1ccc(CN)cc1NC(=O)C1C2CCCC21. The van der Waals surface area contributed by atoms with Crippen molar-refractivity contribution in [3.05, 3.63) is 29.3 Å². The minimum Gasteiger partial charge on any atom is -0.326 e. The normalized spacial score (nSPS) is 28.9. The molecule has 0 heterocycles. The Morgan fingerprint density at radius 2 is 2.11 bits per heavy atom. The minimum atomic E-state index is 0.210. The Morgan fingerprint density at radius 1 is 1.39 bits per heavy atom. The predicted molar refractivity (Wildman–Crippen MR) is 72.0 cm³/mol. The second kappa shape index (κ2) is 4.39. The summed E-state index contributed by atoms with van der Waals surface area (Å²) in [6.45, 7) is 2.53. The van der Waals surface area contributed by atoms with Crippen LogP contribution in [0.2, 0.25) is 0 Å². The predicted octanol–water partition coefficient (Wildman–Crippen LogP) is 2.44. The Morgan fingerprint density at radius 3 is 2.78 bits per heavy atom. The van der Waals surface area contributed by atoms with E-state index < -0.39 is 0 Å². The first kappa shape index (κ1) is 11.7. The molecule has 1 aromatic rings. The Bertz CT molecular complexity index is 473. The van der Waals surface area contributed by atoms with Gasteiger partial charge >= 0.3 is 0 Å². The van der Waals surface area contributed by atoms with Crippen molar-refractivity contribution in [2.45, 2.75) is 32.7 Å². The lowest BCUT2D eigenvalue weighted by Gasteiger charge is -2.11. The number of amides is 1. The number of carbonyl (C=O) groups excluding carboxylic acids is 1. The Balaban J connectivity index is 1.71. The molecule has 0 aromatic heterocycles. The van der Waals surface area contributed by atoms with E-state index in [1.807, 2.05) is 25.1 Å². The van der Waals surface area contributed by atoms with Gasteiger partial charge in [-0.15, -0.1) is 0 Å². The molecule has 0 spiro atoms. The minimum absolute atomic E-state index is 0.210. The highest BCUT2D eigenvalue weighted by Crippen LogP contribution is 2.57. The van der Waals surface area contributed by atoms with E-state index >= 15 is 0 Å². The fourth-order valence-corrected chi connectivity index (χ4v) is 3.36. The first-order valence-corrected chi connectivity index (χ1v) is 6.81. The maximum absolute atomic E-state index is 12.2. The molecule has 0 aliphatic heterocycles. The van der Waals surface area contributed by atoms with Crippen LogP contribution in [0.15, 0.2) is 18.2 Å². The molecule has 2 saturated carbocycles. The van der Waals surface area contributed by atoms with Crippen LogP contribution in [0, 0.1) is 24.7 Å². The van der Waals surface area contributed by atoms with Crippen LogP contribution in [0.25, 0.3) is 0 Å². The lowest BCUT2D eigenvalue weighted by atomic mass is 10.1. The number of anilines is 1. The van der Waals surface area contributed by atoms with Crippen LogP contribution < -0.4 is 11.1 Å². The summed E-state index contributed by atoms with van der Waals surface area (Å²) >= 11 is 0. The number of nitrogens with two attached hydrogens (primary N) is 1. The van der Waals surface area contributed by atoms with Crippen molar-refractivity contribution in [1.29, 1.82) is 0 Å². The number of aryl methyl sites for hydroxylation is 1. The second-order valence-electron chi connectivity index (χ2n) is 5.63. The fourth-order valence-electron chi connectivity index (χ4n) is 3.36. The summed E-state index contributed by atoms with van der Waals surface area (Å²) in [5.41, 5.74) is 8.72. The molecule has 0 radical (unpaired) electrons. The van der Waals surface area contributed by atoms with Crippen LogP contribution in [0.5, 0.6) is 0 Å². The van der Waals surface area contributed by atoms with Gasteiger partial charge in [-0.2, -0.15) is 0 Å². The number of hydrogen-bond donors (Lipinski definition) is 2. The summed E-state index contributed by atoms with van der Waals surface area (Å²) in [7, 11) is 0. The van der Waals surface area contributed by atoms with Crippen molar-refractivity contribution in [2.75, 3.05) is 5.32 Å². The number of carbonyl (C=O) groups is 1. The first-order chi connectivity index (χ1) is 8.70. The molecular weight excluding hydrogens is 224 g/mol. The molecule has 18 heavy (non-hydrogen) atoms. The zero-order valence-electron chi connectivity index (χ0n) is 10.8. The van der Waals surface area contributed by atoms with Gasteiger partial charge in [0.05, 0.1) is 0 Å². The number of rotatable bonds is 3. The van der Waals surface area contributed by atoms with Crippen LogP contribution in [-0.2, 0) is 11.3 Å². The highest BCUT2D eigenvalue weighted by atomic mass is 16.2. The number of hydrogen-bond acceptors (Lipinski definition) is 2. The number of benzene rings is 1. The molecule has 1 amide bonds. The average Bonchev–Trinajstić information content (AvgIpc) is 2.86. The maximum atomic E-state index is 12.2. The maximum Gasteiger partial charge on any atom is 0.228 e. The van der Waals surface area contributed by atoms with Crippen LogP contribution in [0.3, 0.4) is 0 Å². The summed E-state index contributed by atoms with van der Waals surface area (Å²) in [6.07, 6.45) is 3.79. The van der Waals surface area contributed by atoms with Gasteiger partial charge in [0.1, 0.15) is 0 Å². The lowest BCUT2D eigenvalue weighted by molar-refractivity contribution is -0.118. The van der Waals surface area contributed by atoms with E-state index in [4.69, 9.17) is 5.73 Å². The second-order valence-corrected chi connectivity index (χ2v) is 5.63. The molecule has 2 fully saturated rings. The summed E-state index contributed by atoms with van der Waals surface area (Å²) in [5, 5.41) is 3.08. The van der Waals surface area contributed by atoms with Gasteiger partial charge in [-0.1, -0.05) is 18.6 Å². The Labute approximate surface area is 108 Å². The van der Waals surface area contributed by atoms with Gasteiger partial charge in [0, 0.05) is 18.2 Å². The first-order valence-electron chi connectivity index (χ1n) is 6.81. The highest BCUT2D eigenvalue weighted by Gasteiger charge is 2.56. The van der Waals surface area contributed by atoms with Crippen molar-refractivity contribution in [3.63, 3.8) is 0 Å². The molecule has 2 atom stereocenters. The van der Waals surface area contributed by atoms with Crippen LogP contribution in [0.1, 0.15) is 30.4 Å². The van der Waals surface area contributed by atoms with Crippen LogP contribution >= 0.6 is 0 Å². The topological polar surface area (TPSA) is 55.1 Å². The van der Waals surface area contributed by atoms with Gasteiger partial charge < -0.3 is 11.1 Å². The molecule has 2 aliphatic rings. The molecule has 1 aromatic carbocycles. The monoisotopic (exact) mass is 244 g/mol. The van der Waals surface area contributed by atoms with Gasteiger partial charge in [0.15, 0.2) is 0 Å². The van der Waals surface area contributed by atoms with Gasteiger partial charge in [0.2, 0.25) is 5.91 Å². The molecular formula is C15H20N2O. The number of nitrogens with one attached hydrogen (secondary N) is 1. The van der Waals surface area contributed by atoms with E-state index in [2.05, 4.69) is 5.32 Å². The third kappa shape index (κ3) is 1.93. The zero-order valence-corrected chi connectivity index (χ0v) is 10.8. The van der Waals surface area contributed by atoms with E-state index in [0.29, 0.717) is 18.4 Å². The zero-order chi connectivity index (χ0) is 12.7. The van der Waals surface area contributed by atoms with Crippen molar-refractivity contribution in [2.24, 2.45) is 23.5 Å². The third-order valence-electron chi connectivity index (χ3n) is 4.50. The van der Waals surface area contributed by atoms with Crippen molar-refractivity contribution in [3.8, 4) is 0 Å². The molecule has 2 aliphatic carbocycles. The summed E-state index contributed by atoms with van der Waals surface area (Å²) < 4.78 is 0. The van der Waals surface area contributed by atoms with Gasteiger partial charge in [-0.3, -0.25) is 4.79 Å². The summed E-state index contributed by atoms with van der Waals surface area (Å²) in [5.74, 6) is 1.83. The van der Waals surface area contributed by atoms with Crippen LogP contribution in [0.4, 0.5) is 5.69 Å². The van der Waals surface area contributed by atoms with E-state index in [-0.39, 0.29) is 11.8 Å². The fraction of sp³-hybridized carbons (Fsp3) is 0.533. The third-order valence-corrected chi connectivity index (χ3v) is 4.50. The molecule has 3 nitrogen and oxygen atoms in total. The largest absolute Gasteiger partial charge is 0.326 e. The summed E-state index contributed by atoms with van der Waals surface area (Å²) in [6, 6.07) is 6.02. The molecule has 0 bridgehead atoms. The number of fused-ring (bicyclic) bond motifs is 1. The molecule has 96 valence electrons. The van der Waals surface area contributed by atoms with Gasteiger partial charge in [-0.05, 0) is 48.8 Å². The standard InChI is InChI=1S/C15H20N2O/c1-9-5-6-10(8-16)7-13(9)17-15(18)14-11-3-2-4-12(11)14/h5-7,11-12,14H,2-4,8,16H2,1H3,(H,17,18). The van der Waals surface area contributed by atoms with Crippen molar-refractivity contribution < 1.29 is 4.79 Å². The average molecular weight is 244 g/mol. The van der Waals surface area contributed by atoms with Crippen molar-refractivity contribution in [1.82, 2.24) is 0 Å².